The van der Waals surface area contributed by atoms with Gasteiger partial charge in [-0.15, -0.1) is 0 Å². The number of hydrogen-bond acceptors (Lipinski definition) is 2. The summed E-state index contributed by atoms with van der Waals surface area (Å²) in [6.07, 6.45) is 4.70. The van der Waals surface area contributed by atoms with Crippen molar-refractivity contribution < 1.29 is 4.79 Å². The Morgan fingerprint density at radius 2 is 2.08 bits per heavy atom. The van der Waals surface area contributed by atoms with Gasteiger partial charge >= 0.3 is 0 Å². The zero-order valence-corrected chi connectivity index (χ0v) is 8.01. The van der Waals surface area contributed by atoms with Crippen molar-refractivity contribution in [1.29, 1.82) is 0 Å². The first-order valence-corrected chi connectivity index (χ1v) is 5.32. The molecule has 1 saturated heterocycles. The van der Waals surface area contributed by atoms with E-state index in [2.05, 4.69) is 10.6 Å². The number of nitrogens with one attached hydrogen (secondary N) is 2. The van der Waals surface area contributed by atoms with Crippen LogP contribution in [0.3, 0.4) is 0 Å². The lowest BCUT2D eigenvalue weighted by Crippen LogP contribution is -2.45. The van der Waals surface area contributed by atoms with E-state index in [4.69, 9.17) is 0 Å². The van der Waals surface area contributed by atoms with E-state index < -0.39 is 0 Å². The highest BCUT2D eigenvalue weighted by Crippen LogP contribution is 2.25. The van der Waals surface area contributed by atoms with Crippen LogP contribution in [-0.4, -0.2) is 25.5 Å². The fraction of sp³-hybridized carbons (Fsp3) is 0.900. The van der Waals surface area contributed by atoms with Crippen LogP contribution in [0.5, 0.6) is 0 Å². The van der Waals surface area contributed by atoms with E-state index in [1.54, 1.807) is 0 Å². The van der Waals surface area contributed by atoms with Crippen LogP contribution in [0.4, 0.5) is 0 Å². The number of hydrogen-bond donors (Lipinski definition) is 2. The summed E-state index contributed by atoms with van der Waals surface area (Å²) in [7, 11) is 0. The molecule has 0 aromatic carbocycles. The summed E-state index contributed by atoms with van der Waals surface area (Å²) in [5.41, 5.74) is 0. The topological polar surface area (TPSA) is 41.1 Å². The monoisotopic (exact) mass is 182 g/mol. The van der Waals surface area contributed by atoms with Crippen LogP contribution in [0.25, 0.3) is 0 Å². The lowest BCUT2D eigenvalue weighted by Gasteiger charge is -2.28. The van der Waals surface area contributed by atoms with Crippen molar-refractivity contribution in [2.24, 2.45) is 11.8 Å². The van der Waals surface area contributed by atoms with Crippen LogP contribution in [0.2, 0.25) is 0 Å². The first-order valence-electron chi connectivity index (χ1n) is 5.32. The van der Waals surface area contributed by atoms with E-state index in [0.29, 0.717) is 5.92 Å². The summed E-state index contributed by atoms with van der Waals surface area (Å²) in [6.45, 7) is 2.96. The van der Waals surface area contributed by atoms with Crippen molar-refractivity contribution in [3.8, 4) is 0 Å². The van der Waals surface area contributed by atoms with E-state index in [9.17, 15) is 4.79 Å². The van der Waals surface area contributed by atoms with Crippen molar-refractivity contribution in [3.63, 3.8) is 0 Å². The van der Waals surface area contributed by atoms with Crippen molar-refractivity contribution in [2.45, 2.75) is 25.7 Å². The van der Waals surface area contributed by atoms with E-state index in [0.717, 1.165) is 32.0 Å². The van der Waals surface area contributed by atoms with Gasteiger partial charge in [0.2, 0.25) is 5.91 Å². The molecule has 2 aliphatic rings. The number of carbonyl (C=O) groups is 1. The fourth-order valence-electron chi connectivity index (χ4n) is 1.78. The summed E-state index contributed by atoms with van der Waals surface area (Å²) in [5.74, 6) is 1.63. The molecule has 1 saturated carbocycles. The van der Waals surface area contributed by atoms with Crippen molar-refractivity contribution >= 4 is 5.91 Å². The molecule has 2 rings (SSSR count). The van der Waals surface area contributed by atoms with Gasteiger partial charge in [-0.3, -0.25) is 4.79 Å². The minimum Gasteiger partial charge on any atom is -0.356 e. The molecule has 1 heterocycles. The maximum Gasteiger partial charge on any atom is 0.220 e. The maximum absolute atomic E-state index is 11.4. The molecule has 0 spiro atoms. The summed E-state index contributed by atoms with van der Waals surface area (Å²) >= 11 is 0. The highest BCUT2D eigenvalue weighted by atomic mass is 16.1. The average molecular weight is 182 g/mol. The highest BCUT2D eigenvalue weighted by Gasteiger charge is 2.21. The highest BCUT2D eigenvalue weighted by molar-refractivity contribution is 5.76. The molecule has 3 heteroatoms. The van der Waals surface area contributed by atoms with Gasteiger partial charge in [-0.25, -0.2) is 0 Å². The molecular formula is C10H18N2O. The molecule has 0 bridgehead atoms. The predicted octanol–water partition coefficient (Wildman–Crippen LogP) is 0.512. The minimum atomic E-state index is 0.249. The molecular weight excluding hydrogens is 164 g/mol. The van der Waals surface area contributed by atoms with Gasteiger partial charge in [0.15, 0.2) is 0 Å². The van der Waals surface area contributed by atoms with Crippen LogP contribution in [0.1, 0.15) is 25.7 Å². The summed E-state index contributed by atoms with van der Waals surface area (Å²) in [4.78, 5) is 11.4. The van der Waals surface area contributed by atoms with E-state index >= 15 is 0 Å². The second kappa shape index (κ2) is 4.09. The molecule has 1 aliphatic carbocycles. The molecule has 0 atom stereocenters. The van der Waals surface area contributed by atoms with Gasteiger partial charge in [0.25, 0.3) is 0 Å². The Morgan fingerprint density at radius 3 is 2.54 bits per heavy atom. The Kier molecular flexibility index (Phi) is 2.83. The molecule has 74 valence electrons. The Morgan fingerprint density at radius 1 is 1.31 bits per heavy atom. The van der Waals surface area contributed by atoms with E-state index in [1.807, 2.05) is 0 Å². The second-order valence-corrected chi connectivity index (χ2v) is 4.33. The lowest BCUT2D eigenvalue weighted by molar-refractivity contribution is -0.122. The fourth-order valence-corrected chi connectivity index (χ4v) is 1.78. The molecule has 0 aromatic heterocycles. The minimum absolute atomic E-state index is 0.249. The summed E-state index contributed by atoms with van der Waals surface area (Å²) in [6, 6.07) is 0. The van der Waals surface area contributed by atoms with Crippen LogP contribution in [0.15, 0.2) is 0 Å². The number of amides is 1. The molecule has 2 fully saturated rings. The van der Waals surface area contributed by atoms with Crippen molar-refractivity contribution in [2.75, 3.05) is 19.6 Å². The Hall–Kier alpha value is -0.570. The van der Waals surface area contributed by atoms with Crippen LogP contribution < -0.4 is 10.6 Å². The average Bonchev–Trinajstić information content (AvgIpc) is 1.94. The summed E-state index contributed by atoms with van der Waals surface area (Å²) in [5, 5.41) is 6.19. The van der Waals surface area contributed by atoms with Gasteiger partial charge in [0.1, 0.15) is 0 Å². The first-order chi connectivity index (χ1) is 6.34. The van der Waals surface area contributed by atoms with Gasteiger partial charge in [0, 0.05) is 13.0 Å². The van der Waals surface area contributed by atoms with E-state index in [1.165, 1.54) is 19.3 Å². The molecule has 1 aliphatic heterocycles. The Labute approximate surface area is 79.3 Å². The van der Waals surface area contributed by atoms with Gasteiger partial charge < -0.3 is 10.6 Å². The van der Waals surface area contributed by atoms with Gasteiger partial charge in [-0.2, -0.15) is 0 Å². The normalized spacial score (nSPS) is 23.4. The molecule has 0 aromatic rings. The van der Waals surface area contributed by atoms with E-state index in [-0.39, 0.29) is 5.91 Å². The largest absolute Gasteiger partial charge is 0.356 e. The van der Waals surface area contributed by atoms with Crippen LogP contribution >= 0.6 is 0 Å². The molecule has 13 heavy (non-hydrogen) atoms. The molecule has 2 N–H and O–H groups in total. The SMILES string of the molecule is O=C(CC1CNC1)NCC1CCC1. The third-order valence-corrected chi connectivity index (χ3v) is 3.15. The van der Waals surface area contributed by atoms with Crippen LogP contribution in [0, 0.1) is 11.8 Å². The Balaban J connectivity index is 1.54. The molecule has 3 nitrogen and oxygen atoms in total. The number of carbonyl (C=O) groups excluding carboxylic acids is 1. The number of rotatable bonds is 4. The molecule has 0 unspecified atom stereocenters. The zero-order chi connectivity index (χ0) is 9.10. The smallest absolute Gasteiger partial charge is 0.220 e. The van der Waals surface area contributed by atoms with Gasteiger partial charge in [-0.05, 0) is 37.8 Å². The second-order valence-electron chi connectivity index (χ2n) is 4.33. The lowest BCUT2D eigenvalue weighted by atomic mass is 9.85. The summed E-state index contributed by atoms with van der Waals surface area (Å²) < 4.78 is 0. The van der Waals surface area contributed by atoms with Gasteiger partial charge in [-0.1, -0.05) is 6.42 Å². The van der Waals surface area contributed by atoms with Crippen molar-refractivity contribution in [1.82, 2.24) is 10.6 Å². The maximum atomic E-state index is 11.4. The predicted molar refractivity (Wildman–Crippen MR) is 51.3 cm³/mol. The standard InChI is InChI=1S/C10H18N2O/c13-10(4-9-5-11-6-9)12-7-8-2-1-3-8/h8-9,11H,1-7H2,(H,12,13). The first kappa shape index (κ1) is 9.00. The quantitative estimate of drug-likeness (QED) is 0.665. The van der Waals surface area contributed by atoms with Gasteiger partial charge in [0.05, 0.1) is 0 Å². The van der Waals surface area contributed by atoms with Crippen molar-refractivity contribution in [3.05, 3.63) is 0 Å². The third kappa shape index (κ3) is 2.44. The Bertz CT molecular complexity index is 185. The molecule has 0 radical (unpaired) electrons. The van der Waals surface area contributed by atoms with Crippen LogP contribution in [-0.2, 0) is 4.79 Å². The third-order valence-electron chi connectivity index (χ3n) is 3.15. The molecule has 1 amide bonds. The zero-order valence-electron chi connectivity index (χ0n) is 8.01.